The molecule has 0 N–H and O–H groups in total. The molecule has 160 valence electrons. The van der Waals surface area contributed by atoms with Crippen molar-refractivity contribution in [2.75, 3.05) is 14.2 Å². The maximum atomic E-state index is 10.6. The van der Waals surface area contributed by atoms with E-state index < -0.39 is 7.12 Å². The van der Waals surface area contributed by atoms with Crippen molar-refractivity contribution in [2.24, 2.45) is 5.92 Å². The Morgan fingerprint density at radius 3 is 1.82 bits per heavy atom. The molecule has 0 aromatic heterocycles. The molecule has 1 saturated carbocycles. The van der Waals surface area contributed by atoms with Crippen LogP contribution in [-0.4, -0.2) is 38.5 Å². The molecule has 6 heteroatoms. The highest BCUT2D eigenvalue weighted by atomic mass is 16.7. The Hall–Kier alpha value is -1.53. The molecule has 2 fully saturated rings. The molecule has 0 amide bonds. The van der Waals surface area contributed by atoms with Crippen molar-refractivity contribution in [3.05, 3.63) is 36.5 Å². The van der Waals surface area contributed by atoms with E-state index in [-0.39, 0.29) is 17.2 Å². The Kier molecular flexibility index (Phi) is 11.5. The van der Waals surface area contributed by atoms with Crippen molar-refractivity contribution in [2.45, 2.75) is 78.4 Å². The summed E-state index contributed by atoms with van der Waals surface area (Å²) in [5.74, 6) is 1.20. The van der Waals surface area contributed by atoms with E-state index in [4.69, 9.17) is 14.0 Å². The lowest BCUT2D eigenvalue weighted by molar-refractivity contribution is -0.142. The molecule has 0 aromatic rings. The number of rotatable bonds is 6. The molecule has 5 nitrogen and oxygen atoms in total. The van der Waals surface area contributed by atoms with Crippen molar-refractivity contribution >= 4 is 13.1 Å². The average Bonchev–Trinajstić information content (AvgIpc) is 2.85. The van der Waals surface area contributed by atoms with Gasteiger partial charge in [-0.2, -0.15) is 0 Å². The normalized spacial score (nSPS) is 20.2. The first-order valence-electron chi connectivity index (χ1n) is 10.1. The lowest BCUT2D eigenvalue weighted by Crippen LogP contribution is -2.41. The van der Waals surface area contributed by atoms with Crippen molar-refractivity contribution in [1.82, 2.24) is 0 Å². The van der Waals surface area contributed by atoms with Crippen LogP contribution in [0.25, 0.3) is 0 Å². The fourth-order valence-electron chi connectivity index (χ4n) is 2.62. The summed E-state index contributed by atoms with van der Waals surface area (Å²) in [4.78, 5) is 10.6. The van der Waals surface area contributed by atoms with E-state index in [1.807, 2.05) is 41.5 Å². The number of hydrogen-bond acceptors (Lipinski definition) is 5. The summed E-state index contributed by atoms with van der Waals surface area (Å²) < 4.78 is 21.6. The average molecular weight is 394 g/mol. The number of carbonyl (C=O) groups is 1. The molecule has 2 rings (SSSR count). The fraction of sp³-hybridized carbons (Fsp3) is 0.682. The van der Waals surface area contributed by atoms with Crippen molar-refractivity contribution in [3.63, 3.8) is 0 Å². The summed E-state index contributed by atoms with van der Waals surface area (Å²) in [5, 5.41) is 0. The van der Waals surface area contributed by atoms with E-state index in [0.717, 1.165) is 5.47 Å². The number of ether oxygens (including phenoxy) is 2. The van der Waals surface area contributed by atoms with Crippen molar-refractivity contribution < 1.29 is 23.6 Å². The van der Waals surface area contributed by atoms with Gasteiger partial charge in [-0.15, -0.1) is 0 Å². The molecular weight excluding hydrogens is 355 g/mol. The van der Waals surface area contributed by atoms with Crippen LogP contribution in [0.2, 0.25) is 0 Å². The lowest BCUT2D eigenvalue weighted by atomic mass is 9.77. The number of carbonyl (C=O) groups excluding carboxylic acids is 1. The minimum Gasteiger partial charge on any atom is -0.497 e. The van der Waals surface area contributed by atoms with E-state index >= 15 is 0 Å². The van der Waals surface area contributed by atoms with E-state index in [9.17, 15) is 4.79 Å². The van der Waals surface area contributed by atoms with Gasteiger partial charge >= 0.3 is 13.1 Å². The van der Waals surface area contributed by atoms with Crippen LogP contribution in [0.1, 0.15) is 67.2 Å². The van der Waals surface area contributed by atoms with Gasteiger partial charge in [-0.25, -0.2) is 0 Å². The summed E-state index contributed by atoms with van der Waals surface area (Å²) in [6.07, 6.45) is 7.67. The van der Waals surface area contributed by atoms with E-state index in [0.29, 0.717) is 18.1 Å². The smallest absolute Gasteiger partial charge is 0.497 e. The lowest BCUT2D eigenvalue weighted by Gasteiger charge is -2.32. The van der Waals surface area contributed by atoms with Gasteiger partial charge in [-0.05, 0) is 52.5 Å². The molecule has 2 aliphatic rings. The minimum atomic E-state index is -0.467. The number of esters is 1. The molecule has 0 bridgehead atoms. The third-order valence-corrected chi connectivity index (χ3v) is 5.32. The Morgan fingerprint density at radius 2 is 1.54 bits per heavy atom. The zero-order chi connectivity index (χ0) is 22.0. The molecule has 1 aliphatic heterocycles. The summed E-state index contributed by atoms with van der Waals surface area (Å²) in [6, 6.07) is 0. The Bertz CT molecular complexity index is 531. The molecule has 0 unspecified atom stereocenters. The van der Waals surface area contributed by atoms with Crippen LogP contribution in [0.4, 0.5) is 0 Å². The molecule has 1 aliphatic carbocycles. The molecule has 28 heavy (non-hydrogen) atoms. The third kappa shape index (κ3) is 7.14. The van der Waals surface area contributed by atoms with Gasteiger partial charge in [0.15, 0.2) is 0 Å². The van der Waals surface area contributed by atoms with Crippen molar-refractivity contribution in [1.29, 1.82) is 0 Å². The first-order valence-corrected chi connectivity index (χ1v) is 10.1. The van der Waals surface area contributed by atoms with Crippen LogP contribution in [-0.2, 0) is 23.6 Å². The maximum absolute atomic E-state index is 10.6. The predicted octanol–water partition coefficient (Wildman–Crippen LogP) is 5.27. The van der Waals surface area contributed by atoms with Gasteiger partial charge in [0.2, 0.25) is 0 Å². The minimum absolute atomic E-state index is 0.0558. The maximum Gasteiger partial charge on any atom is 0.498 e. The highest BCUT2D eigenvalue weighted by molar-refractivity contribution is 6.55. The van der Waals surface area contributed by atoms with Crippen LogP contribution in [0, 0.1) is 5.92 Å². The molecule has 0 atom stereocenters. The first kappa shape index (κ1) is 26.5. The summed E-state index contributed by atoms with van der Waals surface area (Å²) >= 11 is 0. The van der Waals surface area contributed by atoms with E-state index in [1.54, 1.807) is 19.3 Å². The fourth-order valence-corrected chi connectivity index (χ4v) is 2.62. The predicted molar refractivity (Wildman–Crippen MR) is 116 cm³/mol. The number of methoxy groups -OCH3 is 2. The van der Waals surface area contributed by atoms with Gasteiger partial charge in [-0.3, -0.25) is 4.79 Å². The monoisotopic (exact) mass is 394 g/mol. The molecule has 1 saturated heterocycles. The second kappa shape index (κ2) is 12.1. The Morgan fingerprint density at radius 1 is 1.04 bits per heavy atom. The van der Waals surface area contributed by atoms with Crippen LogP contribution in [0.3, 0.4) is 0 Å². The largest absolute Gasteiger partial charge is 0.498 e. The van der Waals surface area contributed by atoms with Gasteiger partial charge in [0.1, 0.15) is 5.76 Å². The van der Waals surface area contributed by atoms with Gasteiger partial charge in [0.05, 0.1) is 25.4 Å². The Labute approximate surface area is 172 Å². The first-order chi connectivity index (χ1) is 13.1. The van der Waals surface area contributed by atoms with Crippen LogP contribution < -0.4 is 0 Å². The van der Waals surface area contributed by atoms with Crippen molar-refractivity contribution in [3.8, 4) is 0 Å². The van der Waals surface area contributed by atoms with Gasteiger partial charge in [0.25, 0.3) is 0 Å². The topological polar surface area (TPSA) is 54.0 Å². The quantitative estimate of drug-likeness (QED) is 0.266. The molecule has 0 radical (unpaired) electrons. The number of hydrogen-bond donors (Lipinski definition) is 0. The van der Waals surface area contributed by atoms with Gasteiger partial charge < -0.3 is 18.8 Å². The van der Waals surface area contributed by atoms with Crippen LogP contribution >= 0.6 is 0 Å². The molecule has 1 heterocycles. The summed E-state index contributed by atoms with van der Waals surface area (Å²) in [5.41, 5.74) is 0.0268. The second-order valence-electron chi connectivity index (χ2n) is 7.60. The van der Waals surface area contributed by atoms with Gasteiger partial charge in [-0.1, -0.05) is 39.5 Å². The van der Waals surface area contributed by atoms with E-state index in [1.165, 1.54) is 26.4 Å². The zero-order valence-electron chi connectivity index (χ0n) is 19.1. The molecule has 0 aromatic carbocycles. The highest BCUT2D eigenvalue weighted by Crippen LogP contribution is 2.39. The standard InChI is InChI=1S/C13H21BO3.C7H12O2.C2H6/c1-8-10(11(9-2)15-7)14-16-12(3,4)13(5,6)17-14;1-9-7(8)5-6-3-2-4-6;1-2/h8-9H,1-2H2,3-7H3;6H,2-5H2,1H3;1-2H3/b11-10-;;. The second-order valence-corrected chi connectivity index (χ2v) is 7.60. The third-order valence-electron chi connectivity index (χ3n) is 5.32. The van der Waals surface area contributed by atoms with Gasteiger partial charge in [0, 0.05) is 11.9 Å². The number of allylic oxidation sites excluding steroid dienone is 3. The van der Waals surface area contributed by atoms with Crippen LogP contribution in [0.15, 0.2) is 36.5 Å². The Balaban J connectivity index is 0.000000556. The SMILES string of the molecule is C=C/C(OC)=C(\C=C)B1OC(C)(C)C(C)(C)O1.CC.COC(=O)CC1CCC1. The molecule has 0 spiro atoms. The van der Waals surface area contributed by atoms with Crippen LogP contribution in [0.5, 0.6) is 0 Å². The molecular formula is C22H39BO5. The summed E-state index contributed by atoms with van der Waals surface area (Å²) in [7, 11) is 2.57. The van der Waals surface area contributed by atoms with E-state index in [2.05, 4.69) is 17.9 Å². The zero-order valence-corrected chi connectivity index (χ0v) is 19.1. The summed E-state index contributed by atoms with van der Waals surface area (Å²) in [6.45, 7) is 19.5. The highest BCUT2D eigenvalue weighted by Gasteiger charge is 2.52.